The summed E-state index contributed by atoms with van der Waals surface area (Å²) in [5.74, 6) is 1.82. The monoisotopic (exact) mass is 324 g/mol. The van der Waals surface area contributed by atoms with Gasteiger partial charge in [0.05, 0.1) is 19.7 Å². The highest BCUT2D eigenvalue weighted by atomic mass is 16.5. The second-order valence-corrected chi connectivity index (χ2v) is 5.66. The number of amides is 1. The third kappa shape index (κ3) is 5.35. The van der Waals surface area contributed by atoms with Gasteiger partial charge in [-0.25, -0.2) is 4.98 Å². The van der Waals surface area contributed by atoms with Crippen LogP contribution in [0.15, 0.2) is 12.4 Å². The van der Waals surface area contributed by atoms with Gasteiger partial charge in [-0.05, 0) is 25.8 Å². The van der Waals surface area contributed by atoms with Crippen molar-refractivity contribution >= 4 is 12.4 Å². The van der Waals surface area contributed by atoms with Crippen molar-refractivity contribution < 1.29 is 14.3 Å². The van der Waals surface area contributed by atoms with E-state index in [1.807, 2.05) is 11.1 Å². The molecule has 3 rings (SSSR count). The molecule has 0 aromatic carbocycles. The van der Waals surface area contributed by atoms with Crippen LogP contribution in [0.1, 0.15) is 45.0 Å². The minimum absolute atomic E-state index is 0.166. The first-order chi connectivity index (χ1) is 11.1. The molecule has 2 N–H and O–H groups in total. The van der Waals surface area contributed by atoms with Crippen LogP contribution in [-0.2, 0) is 14.3 Å². The molecule has 0 spiro atoms. The third-order valence-corrected chi connectivity index (χ3v) is 3.65. The number of imidazole rings is 1. The molecule has 1 aliphatic carbocycles. The first kappa shape index (κ1) is 19.2. The Labute approximate surface area is 137 Å². The Bertz CT molecular complexity index is 464. The minimum Gasteiger partial charge on any atom is -0.471 e. The summed E-state index contributed by atoms with van der Waals surface area (Å²) in [4.78, 5) is 30.4. The van der Waals surface area contributed by atoms with Gasteiger partial charge in [-0.3, -0.25) is 9.59 Å². The fraction of sp³-hybridized carbons (Fsp3) is 0.688. The van der Waals surface area contributed by atoms with E-state index in [1.54, 1.807) is 13.2 Å². The fourth-order valence-corrected chi connectivity index (χ4v) is 2.76. The quantitative estimate of drug-likeness (QED) is 0.820. The number of likely N-dealkylation sites (N-methyl/N-ethyl adjacent to an activating group) is 1. The number of nitrogens with one attached hydrogen (secondary N) is 2. The van der Waals surface area contributed by atoms with Crippen molar-refractivity contribution in [2.45, 2.75) is 45.2 Å². The number of likely N-dealkylation sites (tertiary alicyclic amines) is 1. The molecule has 2 heterocycles. The highest BCUT2D eigenvalue weighted by Gasteiger charge is 2.54. The highest BCUT2D eigenvalue weighted by Crippen LogP contribution is 2.52. The van der Waals surface area contributed by atoms with E-state index in [4.69, 9.17) is 4.79 Å². The Hall–Kier alpha value is -1.89. The Morgan fingerprint density at radius 3 is 2.65 bits per heavy atom. The maximum atomic E-state index is 12.0. The maximum absolute atomic E-state index is 12.0. The molecule has 1 saturated heterocycles. The van der Waals surface area contributed by atoms with E-state index in [2.05, 4.69) is 33.9 Å². The third-order valence-electron chi connectivity index (χ3n) is 3.65. The number of piperidine rings is 1. The molecule has 2 fully saturated rings. The van der Waals surface area contributed by atoms with E-state index >= 15 is 0 Å². The van der Waals surface area contributed by atoms with Crippen LogP contribution in [-0.4, -0.2) is 54.0 Å². The summed E-state index contributed by atoms with van der Waals surface area (Å²) < 4.78 is 3.86. The van der Waals surface area contributed by atoms with Crippen LogP contribution in [0.4, 0.5) is 0 Å². The zero-order chi connectivity index (χ0) is 17.2. The summed E-state index contributed by atoms with van der Waals surface area (Å²) in [6.07, 6.45) is 7.06. The Morgan fingerprint density at radius 1 is 1.52 bits per heavy atom. The molecule has 130 valence electrons. The van der Waals surface area contributed by atoms with Gasteiger partial charge in [0.2, 0.25) is 5.91 Å². The summed E-state index contributed by atoms with van der Waals surface area (Å²) in [5.41, 5.74) is 0. The minimum atomic E-state index is 0.166. The molecular formula is C16H28N4O3. The van der Waals surface area contributed by atoms with Crippen LogP contribution < -0.4 is 5.32 Å². The fourth-order valence-electron chi connectivity index (χ4n) is 2.76. The number of fused-ring (bicyclic) bond motifs is 1. The van der Waals surface area contributed by atoms with Crippen LogP contribution in [0.3, 0.4) is 0 Å². The summed E-state index contributed by atoms with van der Waals surface area (Å²) in [6, 6.07) is 0.635. The number of hydrogen-bond acceptors (Lipinski definition) is 5. The van der Waals surface area contributed by atoms with Crippen LogP contribution >= 0.6 is 0 Å². The van der Waals surface area contributed by atoms with Gasteiger partial charge < -0.3 is 19.9 Å². The molecule has 2 aliphatic rings. The molecule has 7 nitrogen and oxygen atoms in total. The van der Waals surface area contributed by atoms with Crippen molar-refractivity contribution in [3.63, 3.8) is 0 Å². The normalized spacial score (nSPS) is 23.7. The molecule has 1 saturated carbocycles. The van der Waals surface area contributed by atoms with E-state index in [0.29, 0.717) is 25.0 Å². The number of aromatic amines is 1. The van der Waals surface area contributed by atoms with Gasteiger partial charge >= 0.3 is 0 Å². The van der Waals surface area contributed by atoms with Gasteiger partial charge in [-0.15, -0.1) is 0 Å². The predicted molar refractivity (Wildman–Crippen MR) is 87.7 cm³/mol. The van der Waals surface area contributed by atoms with Crippen LogP contribution in [0.5, 0.6) is 0 Å². The number of aromatic nitrogens is 2. The largest absolute Gasteiger partial charge is 0.471 e. The second-order valence-electron chi connectivity index (χ2n) is 5.66. The van der Waals surface area contributed by atoms with Crippen LogP contribution in [0.2, 0.25) is 0 Å². The standard InChI is InChI=1S/C11H16N4O.C3H8.C2H4O2/c1-12-6-10(16)15-8-4-7(8)5-9(15)11-13-2-3-14-11;1-3-2;1-4-2-3/h2-3,7-9,12H,4-6H2,1H3,(H,13,14);3H2,1-2H3;2H,1H3/t7?,8?,9-;;/m0../s1. The lowest BCUT2D eigenvalue weighted by Gasteiger charge is -2.26. The van der Waals surface area contributed by atoms with Gasteiger partial charge in [0.15, 0.2) is 0 Å². The van der Waals surface area contributed by atoms with Crippen molar-refractivity contribution in [3.8, 4) is 0 Å². The number of methoxy groups -OCH3 is 1. The van der Waals surface area contributed by atoms with Gasteiger partial charge in [0, 0.05) is 18.4 Å². The molecule has 23 heavy (non-hydrogen) atoms. The zero-order valence-electron chi connectivity index (χ0n) is 14.4. The van der Waals surface area contributed by atoms with Crippen molar-refractivity contribution in [2.75, 3.05) is 20.7 Å². The van der Waals surface area contributed by atoms with E-state index in [-0.39, 0.29) is 11.9 Å². The SMILES string of the molecule is CCC.CNCC(=O)N1C2CC2C[C@H]1c1ncc[nH]1.COC=O. The number of carbonyl (C=O) groups excluding carboxylic acids is 2. The Morgan fingerprint density at radius 2 is 2.17 bits per heavy atom. The molecule has 3 atom stereocenters. The molecular weight excluding hydrogens is 296 g/mol. The number of hydrogen-bond donors (Lipinski definition) is 2. The highest BCUT2D eigenvalue weighted by molar-refractivity contribution is 5.80. The van der Waals surface area contributed by atoms with Gasteiger partial charge in [0.1, 0.15) is 5.82 Å². The zero-order valence-corrected chi connectivity index (χ0v) is 14.4. The lowest BCUT2D eigenvalue weighted by molar-refractivity contribution is -0.132. The Balaban J connectivity index is 0.000000325. The molecule has 7 heteroatoms. The molecule has 1 aromatic rings. The van der Waals surface area contributed by atoms with E-state index in [9.17, 15) is 4.79 Å². The first-order valence-electron chi connectivity index (χ1n) is 8.05. The van der Waals surface area contributed by atoms with E-state index in [1.165, 1.54) is 20.0 Å². The van der Waals surface area contributed by atoms with Crippen molar-refractivity contribution in [1.82, 2.24) is 20.2 Å². The topological polar surface area (TPSA) is 87.3 Å². The molecule has 1 aromatic heterocycles. The molecule has 2 unspecified atom stereocenters. The van der Waals surface area contributed by atoms with Crippen molar-refractivity contribution in [3.05, 3.63) is 18.2 Å². The lowest BCUT2D eigenvalue weighted by Crippen LogP contribution is -2.39. The molecule has 1 aliphatic heterocycles. The van der Waals surface area contributed by atoms with Gasteiger partial charge in [0.25, 0.3) is 6.47 Å². The van der Waals surface area contributed by atoms with Gasteiger partial charge in [-0.2, -0.15) is 0 Å². The second kappa shape index (κ2) is 9.99. The average molecular weight is 324 g/mol. The predicted octanol–water partition coefficient (Wildman–Crippen LogP) is 1.50. The van der Waals surface area contributed by atoms with Crippen molar-refractivity contribution in [1.29, 1.82) is 0 Å². The smallest absolute Gasteiger partial charge is 0.292 e. The number of H-pyrrole nitrogens is 1. The summed E-state index contributed by atoms with van der Waals surface area (Å²) >= 11 is 0. The number of carbonyl (C=O) groups is 2. The first-order valence-corrected chi connectivity index (χ1v) is 8.05. The lowest BCUT2D eigenvalue weighted by atomic mass is 10.1. The summed E-state index contributed by atoms with van der Waals surface area (Å²) in [7, 11) is 3.12. The maximum Gasteiger partial charge on any atom is 0.292 e. The number of rotatable bonds is 4. The number of nitrogens with zero attached hydrogens (tertiary/aromatic N) is 2. The van der Waals surface area contributed by atoms with Crippen LogP contribution in [0, 0.1) is 5.92 Å². The Kier molecular flexibility index (Phi) is 8.32. The van der Waals surface area contributed by atoms with E-state index < -0.39 is 0 Å². The molecule has 1 amide bonds. The summed E-state index contributed by atoms with van der Waals surface area (Å²) in [5, 5.41) is 2.93. The van der Waals surface area contributed by atoms with Crippen molar-refractivity contribution in [2.24, 2.45) is 5.92 Å². The van der Waals surface area contributed by atoms with Crippen LogP contribution in [0.25, 0.3) is 0 Å². The number of ether oxygens (including phenoxy) is 1. The molecule has 0 bridgehead atoms. The summed E-state index contributed by atoms with van der Waals surface area (Å²) in [6.45, 7) is 5.04. The molecule has 0 radical (unpaired) electrons. The van der Waals surface area contributed by atoms with Gasteiger partial charge in [-0.1, -0.05) is 20.3 Å². The average Bonchev–Trinajstić information content (AvgIpc) is 2.98. The van der Waals surface area contributed by atoms with E-state index in [0.717, 1.165) is 12.2 Å².